The molecule has 2 saturated heterocycles. The molecule has 2 fully saturated rings. The first kappa shape index (κ1) is 19.9. The number of ether oxygens (including phenoxy) is 1. The lowest BCUT2D eigenvalue weighted by atomic mass is 9.77. The van der Waals surface area contributed by atoms with Crippen molar-refractivity contribution in [3.05, 3.63) is 68.7 Å². The van der Waals surface area contributed by atoms with Gasteiger partial charge in [-0.25, -0.2) is 0 Å². The molecule has 0 aliphatic carbocycles. The Morgan fingerprint density at radius 1 is 1.35 bits per heavy atom. The van der Waals surface area contributed by atoms with E-state index < -0.39 is 17.5 Å². The number of hydrogen-bond acceptors (Lipinski definition) is 5. The van der Waals surface area contributed by atoms with Gasteiger partial charge >= 0.3 is 0 Å². The van der Waals surface area contributed by atoms with Crippen LogP contribution in [0.2, 0.25) is 5.02 Å². The monoisotopic (exact) mass is 437 g/mol. The van der Waals surface area contributed by atoms with Crippen molar-refractivity contribution in [1.29, 1.82) is 0 Å². The first-order valence-electron chi connectivity index (χ1n) is 10.2. The van der Waals surface area contributed by atoms with E-state index in [4.69, 9.17) is 22.8 Å². The van der Waals surface area contributed by atoms with Crippen molar-refractivity contribution in [1.82, 2.24) is 4.90 Å². The molecule has 0 aromatic heterocycles. The van der Waals surface area contributed by atoms with Crippen molar-refractivity contribution in [3.63, 3.8) is 0 Å². The van der Waals surface area contributed by atoms with E-state index in [0.717, 1.165) is 18.4 Å². The second-order valence-electron chi connectivity index (χ2n) is 8.11. The van der Waals surface area contributed by atoms with Gasteiger partial charge in [-0.2, -0.15) is 0 Å². The molecule has 5 rings (SSSR count). The second-order valence-corrected chi connectivity index (χ2v) is 8.51. The van der Waals surface area contributed by atoms with Crippen LogP contribution in [0.4, 0.5) is 5.69 Å². The topological polar surface area (TPSA) is 84.7 Å². The van der Waals surface area contributed by atoms with Gasteiger partial charge in [-0.15, -0.1) is 6.42 Å². The van der Waals surface area contributed by atoms with E-state index in [9.17, 15) is 14.9 Å². The molecule has 0 radical (unpaired) electrons. The highest BCUT2D eigenvalue weighted by molar-refractivity contribution is 6.32. The molecule has 31 heavy (non-hydrogen) atoms. The molecule has 1 N–H and O–H groups in total. The lowest BCUT2D eigenvalue weighted by Gasteiger charge is -2.32. The van der Waals surface area contributed by atoms with Gasteiger partial charge in [-0.3, -0.25) is 19.8 Å². The molecule has 8 heteroatoms. The molecule has 2 aromatic rings. The van der Waals surface area contributed by atoms with Gasteiger partial charge in [0.05, 0.1) is 10.9 Å². The number of carbonyl (C=O) groups is 1. The average molecular weight is 438 g/mol. The molecule has 7 nitrogen and oxygen atoms in total. The van der Waals surface area contributed by atoms with Crippen molar-refractivity contribution >= 4 is 23.2 Å². The van der Waals surface area contributed by atoms with Gasteiger partial charge in [0, 0.05) is 28.8 Å². The Morgan fingerprint density at radius 3 is 2.90 bits per heavy atom. The van der Waals surface area contributed by atoms with Gasteiger partial charge in [0.25, 0.3) is 11.9 Å². The normalized spacial score (nSPS) is 28.8. The summed E-state index contributed by atoms with van der Waals surface area (Å²) in [6, 6.07) is 11.2. The van der Waals surface area contributed by atoms with Crippen LogP contribution in [-0.2, 0) is 10.3 Å². The summed E-state index contributed by atoms with van der Waals surface area (Å²) < 4.78 is 5.44. The Labute approximate surface area is 184 Å². The fourth-order valence-corrected chi connectivity index (χ4v) is 5.98. The first-order valence-corrected chi connectivity index (χ1v) is 10.5. The molecule has 0 unspecified atom stereocenters. The minimum absolute atomic E-state index is 0.0798. The third-order valence-corrected chi connectivity index (χ3v) is 7.04. The van der Waals surface area contributed by atoms with E-state index in [1.165, 1.54) is 0 Å². The number of rotatable bonds is 4. The number of amides is 1. The number of halogens is 1. The lowest BCUT2D eigenvalue weighted by Crippen LogP contribution is -2.55. The van der Waals surface area contributed by atoms with Crippen LogP contribution in [-0.4, -0.2) is 41.0 Å². The highest BCUT2D eigenvalue weighted by Crippen LogP contribution is 2.58. The zero-order valence-corrected chi connectivity index (χ0v) is 17.3. The number of para-hydroxylation sites is 1. The fraction of sp³-hybridized carbons (Fsp3) is 0.348. The van der Waals surface area contributed by atoms with Gasteiger partial charge in [-0.05, 0) is 36.6 Å². The van der Waals surface area contributed by atoms with Crippen LogP contribution in [0.25, 0.3) is 0 Å². The summed E-state index contributed by atoms with van der Waals surface area (Å²) in [5.41, 5.74) is 0.709. The van der Waals surface area contributed by atoms with Crippen molar-refractivity contribution in [2.45, 2.75) is 36.4 Å². The number of carbonyl (C=O) groups excluding carboxylic acids is 1. The predicted molar refractivity (Wildman–Crippen MR) is 116 cm³/mol. The Hall–Kier alpha value is -3.08. The van der Waals surface area contributed by atoms with Gasteiger partial charge in [0.15, 0.2) is 5.54 Å². The molecule has 158 valence electrons. The SMILES string of the molecule is C#CCOc1ccc([C@H]2[C@H]([N+](=O)[O-])[C@]3(C(=O)Nc4ccccc43)N3CCC[C@@H]23)cc1Cl. The third kappa shape index (κ3) is 2.68. The molecule has 0 bridgehead atoms. The molecule has 1 amide bonds. The molecule has 3 aliphatic rings. The largest absolute Gasteiger partial charge is 0.479 e. The zero-order chi connectivity index (χ0) is 21.8. The summed E-state index contributed by atoms with van der Waals surface area (Å²) in [7, 11) is 0. The van der Waals surface area contributed by atoms with Crippen LogP contribution >= 0.6 is 11.6 Å². The van der Waals surface area contributed by atoms with Gasteiger partial charge in [-0.1, -0.05) is 41.8 Å². The standard InChI is InChI=1S/C23H20ClN3O4/c1-2-12-31-19-10-9-14(13-16(19)24)20-18-8-5-11-26(18)23(21(20)27(29)30)15-6-3-4-7-17(15)25-22(23)28/h1,3-4,6-7,9-10,13,18,20-21H,5,8,11-12H2,(H,25,28)/t18-,20+,21-,23+/m0/s1. The Balaban J connectivity index is 1.66. The maximum Gasteiger partial charge on any atom is 0.256 e. The number of hydrogen-bond donors (Lipinski definition) is 1. The van der Waals surface area contributed by atoms with Crippen molar-refractivity contribution in [2.24, 2.45) is 0 Å². The molecule has 4 atom stereocenters. The third-order valence-electron chi connectivity index (χ3n) is 6.75. The smallest absolute Gasteiger partial charge is 0.256 e. The number of nitro groups is 1. The van der Waals surface area contributed by atoms with Crippen LogP contribution in [0.1, 0.15) is 29.9 Å². The second kappa shape index (κ2) is 7.26. The van der Waals surface area contributed by atoms with E-state index in [1.54, 1.807) is 24.3 Å². The molecular formula is C23H20ClN3O4. The van der Waals surface area contributed by atoms with Gasteiger partial charge in [0.2, 0.25) is 0 Å². The number of nitrogens with one attached hydrogen (secondary N) is 1. The van der Waals surface area contributed by atoms with Crippen LogP contribution in [0.15, 0.2) is 42.5 Å². The van der Waals surface area contributed by atoms with E-state index in [1.807, 2.05) is 23.1 Å². The van der Waals surface area contributed by atoms with E-state index >= 15 is 0 Å². The van der Waals surface area contributed by atoms with Crippen molar-refractivity contribution in [3.8, 4) is 18.1 Å². The highest BCUT2D eigenvalue weighted by atomic mass is 35.5. The maximum absolute atomic E-state index is 13.4. The van der Waals surface area contributed by atoms with Crippen molar-refractivity contribution < 1.29 is 14.5 Å². The van der Waals surface area contributed by atoms with Crippen LogP contribution in [0.3, 0.4) is 0 Å². The molecule has 3 heterocycles. The minimum atomic E-state index is -1.34. The Morgan fingerprint density at radius 2 is 2.16 bits per heavy atom. The predicted octanol–water partition coefficient (Wildman–Crippen LogP) is 3.41. The van der Waals surface area contributed by atoms with Crippen molar-refractivity contribution in [2.75, 3.05) is 18.5 Å². The number of nitrogens with zero attached hydrogens (tertiary/aromatic N) is 2. The van der Waals surface area contributed by atoms with Crippen LogP contribution in [0.5, 0.6) is 5.75 Å². The van der Waals surface area contributed by atoms with Gasteiger partial charge in [0.1, 0.15) is 12.4 Å². The van der Waals surface area contributed by atoms with E-state index in [0.29, 0.717) is 28.6 Å². The molecular weight excluding hydrogens is 418 g/mol. The highest BCUT2D eigenvalue weighted by Gasteiger charge is 2.73. The fourth-order valence-electron chi connectivity index (χ4n) is 5.74. The number of benzene rings is 2. The zero-order valence-electron chi connectivity index (χ0n) is 16.6. The van der Waals surface area contributed by atoms with Gasteiger partial charge < -0.3 is 10.1 Å². The average Bonchev–Trinajstić information content (AvgIpc) is 3.40. The molecule has 1 spiro atoms. The molecule has 2 aromatic carbocycles. The van der Waals surface area contributed by atoms with E-state index in [2.05, 4.69) is 11.2 Å². The van der Waals surface area contributed by atoms with Crippen LogP contribution < -0.4 is 10.1 Å². The molecule has 0 saturated carbocycles. The maximum atomic E-state index is 13.4. The number of terminal acetylenes is 1. The Bertz CT molecular complexity index is 1130. The summed E-state index contributed by atoms with van der Waals surface area (Å²) >= 11 is 6.42. The lowest BCUT2D eigenvalue weighted by molar-refractivity contribution is -0.534. The number of fused-ring (bicyclic) bond motifs is 4. The summed E-state index contributed by atoms with van der Waals surface area (Å²) in [6.07, 6.45) is 6.90. The summed E-state index contributed by atoms with van der Waals surface area (Å²) in [5, 5.41) is 15.8. The Kier molecular flexibility index (Phi) is 4.65. The quantitative estimate of drug-likeness (QED) is 0.450. The summed E-state index contributed by atoms with van der Waals surface area (Å²) in [4.78, 5) is 27.7. The molecule has 3 aliphatic heterocycles. The summed E-state index contributed by atoms with van der Waals surface area (Å²) in [5.74, 6) is 2.00. The van der Waals surface area contributed by atoms with Crippen LogP contribution in [0, 0.1) is 22.5 Å². The minimum Gasteiger partial charge on any atom is -0.479 e. The number of anilines is 1. The van der Waals surface area contributed by atoms with E-state index in [-0.39, 0.29) is 23.5 Å². The first-order chi connectivity index (χ1) is 15.0. The summed E-state index contributed by atoms with van der Waals surface area (Å²) in [6.45, 7) is 0.709.